The summed E-state index contributed by atoms with van der Waals surface area (Å²) in [6.45, 7) is 6.58. The fraction of sp³-hybridized carbons (Fsp3) is 0.769. The van der Waals surface area contributed by atoms with Gasteiger partial charge >= 0.3 is 0 Å². The van der Waals surface area contributed by atoms with Gasteiger partial charge in [0.05, 0.1) is 11.4 Å². The van der Waals surface area contributed by atoms with Crippen molar-refractivity contribution in [2.24, 2.45) is 13.0 Å². The van der Waals surface area contributed by atoms with Gasteiger partial charge < -0.3 is 0 Å². The molecule has 0 spiro atoms. The Morgan fingerprint density at radius 3 is 2.88 bits per heavy atom. The molecule has 0 amide bonds. The van der Waals surface area contributed by atoms with Crippen molar-refractivity contribution >= 4 is 11.6 Å². The second-order valence-corrected chi connectivity index (χ2v) is 5.37. The summed E-state index contributed by atoms with van der Waals surface area (Å²) in [7, 11) is 2.03. The summed E-state index contributed by atoms with van der Waals surface area (Å²) in [4.78, 5) is 2.49. The van der Waals surface area contributed by atoms with E-state index in [0.717, 1.165) is 25.4 Å². The Morgan fingerprint density at radius 2 is 2.29 bits per heavy atom. The van der Waals surface area contributed by atoms with Gasteiger partial charge in [0.25, 0.3) is 0 Å². The maximum Gasteiger partial charge on any atom is 0.0625 e. The van der Waals surface area contributed by atoms with Crippen LogP contribution < -0.4 is 0 Å². The monoisotopic (exact) mass is 255 g/mol. The van der Waals surface area contributed by atoms with Crippen LogP contribution in [-0.2, 0) is 20.0 Å². The molecule has 1 aromatic heterocycles. The summed E-state index contributed by atoms with van der Waals surface area (Å²) in [6.07, 6.45) is 2.26. The first-order valence-electron chi connectivity index (χ1n) is 6.47. The molecule has 0 saturated carbocycles. The van der Waals surface area contributed by atoms with Gasteiger partial charge in [0, 0.05) is 25.5 Å². The Hall–Kier alpha value is -0.540. The van der Waals surface area contributed by atoms with Crippen molar-refractivity contribution in [2.45, 2.75) is 39.3 Å². The molecule has 3 nitrogen and oxygen atoms in total. The Balaban J connectivity index is 2.07. The molecule has 1 saturated heterocycles. The molecule has 1 aliphatic heterocycles. The second-order valence-electron chi connectivity index (χ2n) is 5.06. The Bertz CT molecular complexity index is 375. The number of rotatable bonds is 4. The number of aromatic nitrogens is 2. The molecule has 0 N–H and O–H groups in total. The molecule has 2 rings (SSSR count). The Kier molecular flexibility index (Phi) is 4.10. The van der Waals surface area contributed by atoms with E-state index in [-0.39, 0.29) is 0 Å². The molecule has 17 heavy (non-hydrogen) atoms. The van der Waals surface area contributed by atoms with E-state index in [9.17, 15) is 0 Å². The highest BCUT2D eigenvalue weighted by Gasteiger charge is 2.30. The van der Waals surface area contributed by atoms with Crippen LogP contribution in [0.4, 0.5) is 0 Å². The van der Waals surface area contributed by atoms with E-state index in [0.29, 0.717) is 12.0 Å². The van der Waals surface area contributed by atoms with Gasteiger partial charge in [-0.05, 0) is 31.4 Å². The van der Waals surface area contributed by atoms with Crippen molar-refractivity contribution in [3.8, 4) is 0 Å². The second kappa shape index (κ2) is 5.40. The number of hydrogen-bond acceptors (Lipinski definition) is 2. The smallest absolute Gasteiger partial charge is 0.0625 e. The standard InChI is InChI=1S/C13H22ClN3/c1-4-11-7-12(16(3)15-11)9-17-6-5-10(2)13(17)8-14/h7,10,13H,4-6,8-9H2,1-3H3. The van der Waals surface area contributed by atoms with Crippen LogP contribution in [0.2, 0.25) is 0 Å². The zero-order chi connectivity index (χ0) is 12.4. The lowest BCUT2D eigenvalue weighted by atomic mass is 10.1. The van der Waals surface area contributed by atoms with Crippen molar-refractivity contribution in [3.05, 3.63) is 17.5 Å². The fourth-order valence-corrected chi connectivity index (χ4v) is 3.13. The van der Waals surface area contributed by atoms with E-state index in [1.54, 1.807) is 0 Å². The van der Waals surface area contributed by atoms with Gasteiger partial charge in [-0.3, -0.25) is 9.58 Å². The highest BCUT2D eigenvalue weighted by molar-refractivity contribution is 6.18. The number of halogens is 1. The molecule has 1 fully saturated rings. The van der Waals surface area contributed by atoms with E-state index < -0.39 is 0 Å². The lowest BCUT2D eigenvalue weighted by molar-refractivity contribution is 0.236. The van der Waals surface area contributed by atoms with Crippen LogP contribution in [0.3, 0.4) is 0 Å². The third-order valence-corrected chi connectivity index (χ3v) is 4.23. The first-order valence-corrected chi connectivity index (χ1v) is 7.01. The van der Waals surface area contributed by atoms with Gasteiger partial charge in [0.15, 0.2) is 0 Å². The van der Waals surface area contributed by atoms with Gasteiger partial charge in [0.2, 0.25) is 0 Å². The minimum absolute atomic E-state index is 0.525. The molecule has 1 aliphatic rings. The molecule has 96 valence electrons. The van der Waals surface area contributed by atoms with Gasteiger partial charge in [0.1, 0.15) is 0 Å². The first kappa shape index (κ1) is 12.9. The van der Waals surface area contributed by atoms with E-state index >= 15 is 0 Å². The molecule has 0 aliphatic carbocycles. The van der Waals surface area contributed by atoms with Crippen LogP contribution in [0.25, 0.3) is 0 Å². The minimum Gasteiger partial charge on any atom is -0.293 e. The molecule has 1 aromatic rings. The van der Waals surface area contributed by atoms with Crippen LogP contribution >= 0.6 is 11.6 Å². The molecule has 0 bridgehead atoms. The van der Waals surface area contributed by atoms with Gasteiger partial charge in [-0.25, -0.2) is 0 Å². The maximum absolute atomic E-state index is 6.07. The van der Waals surface area contributed by atoms with Crippen LogP contribution in [0, 0.1) is 5.92 Å². The van der Waals surface area contributed by atoms with E-state index in [1.165, 1.54) is 17.8 Å². The molecule has 2 unspecified atom stereocenters. The first-order chi connectivity index (χ1) is 8.15. The van der Waals surface area contributed by atoms with Crippen molar-refractivity contribution in [2.75, 3.05) is 12.4 Å². The molecule has 0 aromatic carbocycles. The fourth-order valence-electron chi connectivity index (χ4n) is 2.63. The quantitative estimate of drug-likeness (QED) is 0.771. The van der Waals surface area contributed by atoms with Crippen molar-refractivity contribution in [1.82, 2.24) is 14.7 Å². The molecular weight excluding hydrogens is 234 g/mol. The van der Waals surface area contributed by atoms with Crippen LogP contribution in [-0.4, -0.2) is 33.1 Å². The van der Waals surface area contributed by atoms with Crippen LogP contribution in [0.15, 0.2) is 6.07 Å². The number of aryl methyl sites for hydroxylation is 2. The SMILES string of the molecule is CCc1cc(CN2CCC(C)C2CCl)n(C)n1. The lowest BCUT2D eigenvalue weighted by Gasteiger charge is -2.24. The summed E-state index contributed by atoms with van der Waals surface area (Å²) in [6, 6.07) is 2.74. The average Bonchev–Trinajstić information content (AvgIpc) is 2.84. The zero-order valence-electron chi connectivity index (χ0n) is 11.0. The Labute approximate surface area is 109 Å². The third-order valence-electron chi connectivity index (χ3n) is 3.91. The number of nitrogens with zero attached hydrogens (tertiary/aromatic N) is 3. The lowest BCUT2D eigenvalue weighted by Crippen LogP contribution is -2.33. The predicted octanol–water partition coefficient (Wildman–Crippen LogP) is 2.43. The summed E-state index contributed by atoms with van der Waals surface area (Å²) < 4.78 is 2.01. The van der Waals surface area contributed by atoms with Gasteiger partial charge in [-0.15, -0.1) is 11.6 Å². The zero-order valence-corrected chi connectivity index (χ0v) is 11.7. The molecule has 2 heterocycles. The number of likely N-dealkylation sites (tertiary alicyclic amines) is 1. The normalized spacial score (nSPS) is 25.6. The highest BCUT2D eigenvalue weighted by atomic mass is 35.5. The molecule has 4 heteroatoms. The average molecular weight is 256 g/mol. The topological polar surface area (TPSA) is 21.1 Å². The summed E-state index contributed by atoms with van der Waals surface area (Å²) in [5, 5.41) is 4.50. The number of alkyl halides is 1. The molecule has 0 radical (unpaired) electrons. The van der Waals surface area contributed by atoms with Crippen molar-refractivity contribution in [3.63, 3.8) is 0 Å². The summed E-state index contributed by atoms with van der Waals surface area (Å²) >= 11 is 6.07. The van der Waals surface area contributed by atoms with Gasteiger partial charge in [-0.1, -0.05) is 13.8 Å². The molecular formula is C13H22ClN3. The van der Waals surface area contributed by atoms with Crippen molar-refractivity contribution in [1.29, 1.82) is 0 Å². The molecule has 2 atom stereocenters. The summed E-state index contributed by atoms with van der Waals surface area (Å²) in [5.74, 6) is 1.45. The minimum atomic E-state index is 0.525. The Morgan fingerprint density at radius 1 is 1.53 bits per heavy atom. The summed E-state index contributed by atoms with van der Waals surface area (Å²) in [5.41, 5.74) is 2.48. The third kappa shape index (κ3) is 2.66. The number of hydrogen-bond donors (Lipinski definition) is 0. The van der Waals surface area contributed by atoms with E-state index in [4.69, 9.17) is 11.6 Å². The van der Waals surface area contributed by atoms with Crippen LogP contribution in [0.5, 0.6) is 0 Å². The van der Waals surface area contributed by atoms with E-state index in [2.05, 4.69) is 29.9 Å². The van der Waals surface area contributed by atoms with Crippen LogP contribution in [0.1, 0.15) is 31.7 Å². The maximum atomic E-state index is 6.07. The van der Waals surface area contributed by atoms with E-state index in [1.807, 2.05) is 11.7 Å². The largest absolute Gasteiger partial charge is 0.293 e. The van der Waals surface area contributed by atoms with Gasteiger partial charge in [-0.2, -0.15) is 5.10 Å². The predicted molar refractivity (Wildman–Crippen MR) is 71.3 cm³/mol. The van der Waals surface area contributed by atoms with Crippen molar-refractivity contribution < 1.29 is 0 Å². The highest BCUT2D eigenvalue weighted by Crippen LogP contribution is 2.26.